The summed E-state index contributed by atoms with van der Waals surface area (Å²) in [4.78, 5) is 0. The fourth-order valence-corrected chi connectivity index (χ4v) is 4.65. The van der Waals surface area contributed by atoms with E-state index in [0.29, 0.717) is 23.3 Å². The number of hydrogen-bond donors (Lipinski definition) is 2. The smallest absolute Gasteiger partial charge is 0.243 e. The number of benzene rings is 2. The molecule has 190 valence electrons. The molecule has 2 aromatic heterocycles. The van der Waals surface area contributed by atoms with Crippen molar-refractivity contribution in [2.24, 2.45) is 7.05 Å². The van der Waals surface area contributed by atoms with E-state index in [1.807, 2.05) is 0 Å². The Bertz CT molecular complexity index is 1480. The first-order valence-corrected chi connectivity index (χ1v) is 12.1. The molecule has 0 aliphatic heterocycles. The monoisotopic (exact) mass is 520 g/mol. The van der Waals surface area contributed by atoms with Crippen LogP contribution < -0.4 is 14.2 Å². The third-order valence-electron chi connectivity index (χ3n) is 5.18. The van der Waals surface area contributed by atoms with Gasteiger partial charge in [0.05, 0.1) is 26.1 Å². The molecule has 2 heterocycles. The van der Waals surface area contributed by atoms with Crippen LogP contribution in [-0.2, 0) is 17.1 Å². The average Bonchev–Trinajstić information content (AvgIpc) is 3.43. The highest BCUT2D eigenvalue weighted by Gasteiger charge is 2.28. The summed E-state index contributed by atoms with van der Waals surface area (Å²) in [5.41, 5.74) is 0.289. The highest BCUT2D eigenvalue weighted by Crippen LogP contribution is 2.37. The number of aliphatic hydroxyl groups is 1. The molecule has 36 heavy (non-hydrogen) atoms. The molecule has 0 saturated heterocycles. The molecule has 0 spiro atoms. The zero-order chi connectivity index (χ0) is 26.0. The normalized spacial score (nSPS) is 12.4. The molecule has 0 saturated carbocycles. The number of methoxy groups -OCH3 is 2. The molecular weight excluding hydrogens is 498 g/mol. The Morgan fingerprint density at radius 2 is 1.78 bits per heavy atom. The largest absolute Gasteiger partial charge is 0.494 e. The van der Waals surface area contributed by atoms with Gasteiger partial charge in [0.15, 0.2) is 5.82 Å². The highest BCUT2D eigenvalue weighted by atomic mass is 32.2. The molecule has 0 aliphatic rings. The quantitative estimate of drug-likeness (QED) is 0.344. The number of ether oxygens (including phenoxy) is 2. The lowest BCUT2D eigenvalue weighted by Crippen LogP contribution is -2.24. The van der Waals surface area contributed by atoms with E-state index in [4.69, 9.17) is 9.47 Å². The van der Waals surface area contributed by atoms with E-state index >= 15 is 0 Å². The molecule has 4 rings (SSSR count). The van der Waals surface area contributed by atoms with E-state index in [2.05, 4.69) is 20.0 Å². The standard InChI is InChI=1S/C22H22F2N6O5S/c1-29-10-9-16(27-29)21-25-26-22(30(21)20-18(34-2)5-4-6-19(20)35-3)28-36(32,33)12-17(31)14-8-7-13(23)11-15(14)24/h4-11,17,31H,12H2,1-3H3,(H,26,28)/t17-/m0/s1. The Morgan fingerprint density at radius 1 is 1.08 bits per heavy atom. The third-order valence-corrected chi connectivity index (χ3v) is 6.42. The van der Waals surface area contributed by atoms with Gasteiger partial charge >= 0.3 is 0 Å². The van der Waals surface area contributed by atoms with Crippen LogP contribution in [0.2, 0.25) is 0 Å². The lowest BCUT2D eigenvalue weighted by molar-refractivity contribution is 0.196. The van der Waals surface area contributed by atoms with Crippen LogP contribution in [0.5, 0.6) is 11.5 Å². The Balaban J connectivity index is 1.78. The predicted octanol–water partition coefficient (Wildman–Crippen LogP) is 2.44. The number of nitrogens with one attached hydrogen (secondary N) is 1. The van der Waals surface area contributed by atoms with Crippen molar-refractivity contribution in [2.45, 2.75) is 6.10 Å². The van der Waals surface area contributed by atoms with Gasteiger partial charge in [-0.05, 0) is 24.3 Å². The van der Waals surface area contributed by atoms with E-state index in [1.54, 1.807) is 37.5 Å². The summed E-state index contributed by atoms with van der Waals surface area (Å²) in [5.74, 6) is -2.32. The number of aromatic nitrogens is 5. The number of halogens is 2. The molecule has 0 amide bonds. The second-order valence-electron chi connectivity index (χ2n) is 7.63. The second-order valence-corrected chi connectivity index (χ2v) is 9.40. The number of rotatable bonds is 9. The number of para-hydroxylation sites is 1. The van der Waals surface area contributed by atoms with Gasteiger partial charge in [-0.2, -0.15) is 5.10 Å². The number of anilines is 1. The van der Waals surface area contributed by atoms with Crippen LogP contribution in [0.25, 0.3) is 17.2 Å². The van der Waals surface area contributed by atoms with Crippen LogP contribution in [-0.4, -0.2) is 58.0 Å². The minimum Gasteiger partial charge on any atom is -0.494 e. The van der Waals surface area contributed by atoms with Crippen LogP contribution >= 0.6 is 0 Å². The van der Waals surface area contributed by atoms with Crippen molar-refractivity contribution in [3.05, 3.63) is 65.9 Å². The molecule has 1 atom stereocenters. The van der Waals surface area contributed by atoms with Gasteiger partial charge in [-0.15, -0.1) is 10.2 Å². The van der Waals surface area contributed by atoms with E-state index in [1.165, 1.54) is 23.5 Å². The summed E-state index contributed by atoms with van der Waals surface area (Å²) < 4.78 is 69.3. The van der Waals surface area contributed by atoms with Crippen molar-refractivity contribution in [3.8, 4) is 28.7 Å². The Morgan fingerprint density at radius 3 is 2.36 bits per heavy atom. The molecule has 2 N–H and O–H groups in total. The number of aryl methyl sites for hydroxylation is 1. The predicted molar refractivity (Wildman–Crippen MR) is 125 cm³/mol. The molecule has 0 radical (unpaired) electrons. The maximum atomic E-state index is 14.1. The molecule has 2 aromatic carbocycles. The van der Waals surface area contributed by atoms with Crippen LogP contribution in [0.1, 0.15) is 11.7 Å². The zero-order valence-corrected chi connectivity index (χ0v) is 20.2. The van der Waals surface area contributed by atoms with Gasteiger partial charge in [0.1, 0.15) is 34.5 Å². The highest BCUT2D eigenvalue weighted by molar-refractivity contribution is 7.92. The van der Waals surface area contributed by atoms with Crippen molar-refractivity contribution >= 4 is 16.0 Å². The maximum absolute atomic E-state index is 14.1. The second kappa shape index (κ2) is 9.91. The first kappa shape index (κ1) is 25.1. The van der Waals surface area contributed by atoms with Crippen molar-refractivity contribution in [1.29, 1.82) is 0 Å². The van der Waals surface area contributed by atoms with Crippen LogP contribution in [0.4, 0.5) is 14.7 Å². The molecule has 0 fully saturated rings. The number of nitrogens with zero attached hydrogens (tertiary/aromatic N) is 5. The lowest BCUT2D eigenvalue weighted by Gasteiger charge is -2.18. The SMILES string of the molecule is COc1cccc(OC)c1-n1c(NS(=O)(=O)C[C@H](O)c2ccc(F)cc2F)nnc1-c1ccn(C)n1. The van der Waals surface area contributed by atoms with Crippen molar-refractivity contribution in [3.63, 3.8) is 0 Å². The van der Waals surface area contributed by atoms with Crippen LogP contribution in [0.15, 0.2) is 48.7 Å². The Hall–Kier alpha value is -4.04. The fourth-order valence-electron chi connectivity index (χ4n) is 3.56. The van der Waals surface area contributed by atoms with Gasteiger partial charge in [0.2, 0.25) is 16.0 Å². The Labute approximate surface area is 205 Å². The molecule has 11 nitrogen and oxygen atoms in total. The van der Waals surface area contributed by atoms with Gasteiger partial charge in [-0.1, -0.05) is 12.1 Å². The fraction of sp³-hybridized carbons (Fsp3) is 0.227. The third kappa shape index (κ3) is 4.99. The minimum absolute atomic E-state index is 0.168. The lowest BCUT2D eigenvalue weighted by atomic mass is 10.1. The van der Waals surface area contributed by atoms with E-state index in [0.717, 1.165) is 12.1 Å². The van der Waals surface area contributed by atoms with Crippen molar-refractivity contribution < 1.29 is 31.8 Å². The van der Waals surface area contributed by atoms with Gasteiger partial charge in [-0.25, -0.2) is 17.2 Å². The summed E-state index contributed by atoms with van der Waals surface area (Å²) in [6.45, 7) is 0. The van der Waals surface area contributed by atoms with E-state index < -0.39 is 33.5 Å². The Kier molecular flexibility index (Phi) is 6.90. The van der Waals surface area contributed by atoms with Crippen LogP contribution in [0, 0.1) is 11.6 Å². The van der Waals surface area contributed by atoms with E-state index in [9.17, 15) is 22.3 Å². The average molecular weight is 521 g/mol. The first-order valence-electron chi connectivity index (χ1n) is 10.4. The molecule has 14 heteroatoms. The minimum atomic E-state index is -4.33. The molecule has 0 unspecified atom stereocenters. The van der Waals surface area contributed by atoms with Gasteiger partial charge in [-0.3, -0.25) is 14.0 Å². The van der Waals surface area contributed by atoms with E-state index in [-0.39, 0.29) is 23.0 Å². The number of hydrogen-bond acceptors (Lipinski definition) is 8. The van der Waals surface area contributed by atoms with Crippen LogP contribution in [0.3, 0.4) is 0 Å². The molecule has 0 aliphatic carbocycles. The summed E-state index contributed by atoms with van der Waals surface area (Å²) in [6.07, 6.45) is -0.110. The van der Waals surface area contributed by atoms with Gasteiger partial charge in [0, 0.05) is 24.9 Å². The molecule has 0 bridgehead atoms. The van der Waals surface area contributed by atoms with Gasteiger partial charge < -0.3 is 14.6 Å². The molecule has 4 aromatic rings. The van der Waals surface area contributed by atoms with Gasteiger partial charge in [0.25, 0.3) is 0 Å². The van der Waals surface area contributed by atoms with Crippen molar-refractivity contribution in [2.75, 3.05) is 24.7 Å². The summed E-state index contributed by atoms with van der Waals surface area (Å²) >= 11 is 0. The topological polar surface area (TPSA) is 133 Å². The summed E-state index contributed by atoms with van der Waals surface area (Å²) in [6, 6.07) is 9.07. The zero-order valence-electron chi connectivity index (χ0n) is 19.4. The summed E-state index contributed by atoms with van der Waals surface area (Å²) in [5, 5.41) is 22.8. The van der Waals surface area contributed by atoms with Crippen molar-refractivity contribution in [1.82, 2.24) is 24.5 Å². The number of aliphatic hydroxyl groups excluding tert-OH is 1. The maximum Gasteiger partial charge on any atom is 0.243 e. The molecular formula is C22H22F2N6O5S. The number of sulfonamides is 1. The first-order chi connectivity index (χ1) is 17.1. The summed E-state index contributed by atoms with van der Waals surface area (Å²) in [7, 11) is 0.231.